The van der Waals surface area contributed by atoms with Crippen LogP contribution in [-0.2, 0) is 11.3 Å². The maximum atomic E-state index is 11.5. The number of aryl methyl sites for hydroxylation is 1. The van der Waals surface area contributed by atoms with Gasteiger partial charge in [0.1, 0.15) is 17.1 Å². The van der Waals surface area contributed by atoms with E-state index in [1.807, 2.05) is 6.07 Å². The summed E-state index contributed by atoms with van der Waals surface area (Å²) in [6.07, 6.45) is 1.65. The van der Waals surface area contributed by atoms with Crippen molar-refractivity contribution in [2.45, 2.75) is 13.5 Å². The number of furan rings is 1. The summed E-state index contributed by atoms with van der Waals surface area (Å²) in [5, 5.41) is 3.14. The first-order chi connectivity index (χ1) is 9.65. The smallest absolute Gasteiger partial charge is 0.341 e. The van der Waals surface area contributed by atoms with E-state index in [0.717, 1.165) is 5.69 Å². The van der Waals surface area contributed by atoms with Crippen molar-refractivity contribution in [1.82, 2.24) is 4.98 Å². The molecule has 1 N–H and O–H groups in total. The van der Waals surface area contributed by atoms with Crippen molar-refractivity contribution < 1.29 is 18.7 Å². The summed E-state index contributed by atoms with van der Waals surface area (Å²) < 4.78 is 15.3. The molecule has 0 fully saturated rings. The van der Waals surface area contributed by atoms with Crippen molar-refractivity contribution >= 4 is 11.7 Å². The molecule has 2 aromatic rings. The molecular formula is C14H16N2O4. The van der Waals surface area contributed by atoms with Crippen molar-refractivity contribution in [2.75, 3.05) is 19.5 Å². The minimum Gasteiger partial charge on any atom is -0.480 e. The fourth-order valence-electron chi connectivity index (χ4n) is 1.81. The molecule has 0 unspecified atom stereocenters. The van der Waals surface area contributed by atoms with Gasteiger partial charge in [-0.25, -0.2) is 9.78 Å². The number of hydrogen-bond donors (Lipinski definition) is 1. The highest BCUT2D eigenvalue weighted by molar-refractivity contribution is 5.90. The van der Waals surface area contributed by atoms with E-state index in [1.165, 1.54) is 7.11 Å². The van der Waals surface area contributed by atoms with Gasteiger partial charge in [-0.2, -0.15) is 0 Å². The molecule has 20 heavy (non-hydrogen) atoms. The molecule has 6 heteroatoms. The van der Waals surface area contributed by atoms with Crippen molar-refractivity contribution in [2.24, 2.45) is 0 Å². The SMILES string of the molecule is COC(=O)c1cc(CNc2cccnc2OC)oc1C. The summed E-state index contributed by atoms with van der Waals surface area (Å²) in [6.45, 7) is 2.14. The van der Waals surface area contributed by atoms with Gasteiger partial charge in [0.25, 0.3) is 0 Å². The molecule has 0 radical (unpaired) electrons. The summed E-state index contributed by atoms with van der Waals surface area (Å²) in [4.78, 5) is 15.6. The molecule has 2 heterocycles. The third-order valence-corrected chi connectivity index (χ3v) is 2.79. The van der Waals surface area contributed by atoms with Gasteiger partial charge in [-0.15, -0.1) is 0 Å². The highest BCUT2D eigenvalue weighted by Crippen LogP contribution is 2.22. The van der Waals surface area contributed by atoms with E-state index in [2.05, 4.69) is 15.0 Å². The maximum absolute atomic E-state index is 11.5. The monoisotopic (exact) mass is 276 g/mol. The normalized spacial score (nSPS) is 10.2. The van der Waals surface area contributed by atoms with Crippen LogP contribution in [0, 0.1) is 6.92 Å². The van der Waals surface area contributed by atoms with Gasteiger partial charge >= 0.3 is 5.97 Å². The van der Waals surface area contributed by atoms with Gasteiger partial charge in [0.05, 0.1) is 26.5 Å². The van der Waals surface area contributed by atoms with E-state index in [9.17, 15) is 4.79 Å². The molecule has 0 atom stereocenters. The molecule has 6 nitrogen and oxygen atoms in total. The van der Waals surface area contributed by atoms with Crippen molar-refractivity contribution in [3.63, 3.8) is 0 Å². The van der Waals surface area contributed by atoms with Crippen molar-refractivity contribution in [3.05, 3.63) is 41.5 Å². The van der Waals surface area contributed by atoms with E-state index >= 15 is 0 Å². The Balaban J connectivity index is 2.10. The van der Waals surface area contributed by atoms with Gasteiger partial charge in [-0.05, 0) is 25.1 Å². The Hall–Kier alpha value is -2.50. The molecule has 0 amide bonds. The van der Waals surface area contributed by atoms with E-state index in [-0.39, 0.29) is 0 Å². The van der Waals surface area contributed by atoms with Crippen LogP contribution in [0.4, 0.5) is 5.69 Å². The zero-order valence-electron chi connectivity index (χ0n) is 11.6. The van der Waals surface area contributed by atoms with Gasteiger partial charge in [0.2, 0.25) is 5.88 Å². The number of aromatic nitrogens is 1. The van der Waals surface area contributed by atoms with Gasteiger partial charge in [0.15, 0.2) is 0 Å². The largest absolute Gasteiger partial charge is 0.480 e. The van der Waals surface area contributed by atoms with Gasteiger partial charge in [-0.3, -0.25) is 0 Å². The molecule has 0 bridgehead atoms. The number of nitrogens with one attached hydrogen (secondary N) is 1. The fraction of sp³-hybridized carbons (Fsp3) is 0.286. The first-order valence-electron chi connectivity index (χ1n) is 6.06. The quantitative estimate of drug-likeness (QED) is 0.845. The average Bonchev–Trinajstić information content (AvgIpc) is 2.85. The highest BCUT2D eigenvalue weighted by atomic mass is 16.5. The minimum absolute atomic E-state index is 0.406. The van der Waals surface area contributed by atoms with E-state index < -0.39 is 5.97 Å². The lowest BCUT2D eigenvalue weighted by Crippen LogP contribution is -2.02. The van der Waals surface area contributed by atoms with Crippen LogP contribution in [0.5, 0.6) is 5.88 Å². The number of rotatable bonds is 5. The lowest BCUT2D eigenvalue weighted by atomic mass is 10.2. The van der Waals surface area contributed by atoms with Crippen LogP contribution in [0.15, 0.2) is 28.8 Å². The molecule has 0 aliphatic heterocycles. The van der Waals surface area contributed by atoms with Crippen LogP contribution in [0.1, 0.15) is 21.9 Å². The number of nitrogens with zero attached hydrogens (tertiary/aromatic N) is 1. The van der Waals surface area contributed by atoms with Crippen LogP contribution in [0.25, 0.3) is 0 Å². The predicted octanol–water partition coefficient (Wildman–Crippen LogP) is 2.39. The number of carbonyl (C=O) groups excluding carboxylic acids is 1. The Labute approximate surface area is 116 Å². The summed E-state index contributed by atoms with van der Waals surface area (Å²) in [7, 11) is 2.90. The third kappa shape index (κ3) is 2.90. The highest BCUT2D eigenvalue weighted by Gasteiger charge is 2.15. The number of ether oxygens (including phenoxy) is 2. The number of esters is 1. The second-order valence-corrected chi connectivity index (χ2v) is 4.09. The first-order valence-corrected chi connectivity index (χ1v) is 6.06. The molecule has 106 valence electrons. The number of anilines is 1. The molecule has 0 spiro atoms. The lowest BCUT2D eigenvalue weighted by Gasteiger charge is -2.08. The first kappa shape index (κ1) is 13.9. The number of methoxy groups -OCH3 is 2. The summed E-state index contributed by atoms with van der Waals surface area (Å²) in [6, 6.07) is 5.32. The van der Waals surface area contributed by atoms with Crippen LogP contribution in [0.3, 0.4) is 0 Å². The van der Waals surface area contributed by atoms with Crippen LogP contribution >= 0.6 is 0 Å². The standard InChI is InChI=1S/C14H16N2O4/c1-9-11(14(17)19-3)7-10(20-9)8-16-12-5-4-6-15-13(12)18-2/h4-7,16H,8H2,1-3H3. The van der Waals surface area contributed by atoms with Crippen LogP contribution in [-0.4, -0.2) is 25.2 Å². The van der Waals surface area contributed by atoms with Gasteiger partial charge in [0, 0.05) is 6.20 Å². The van der Waals surface area contributed by atoms with E-state index in [0.29, 0.717) is 29.5 Å². The van der Waals surface area contributed by atoms with Gasteiger partial charge in [-0.1, -0.05) is 0 Å². The molecule has 0 aromatic carbocycles. The second kappa shape index (κ2) is 6.10. The molecular weight excluding hydrogens is 260 g/mol. The zero-order chi connectivity index (χ0) is 14.5. The van der Waals surface area contributed by atoms with Gasteiger partial charge < -0.3 is 19.2 Å². The maximum Gasteiger partial charge on any atom is 0.341 e. The number of carbonyl (C=O) groups is 1. The molecule has 2 rings (SSSR count). The minimum atomic E-state index is -0.406. The van der Waals surface area contributed by atoms with Crippen LogP contribution < -0.4 is 10.1 Å². The van der Waals surface area contributed by atoms with Crippen molar-refractivity contribution in [3.8, 4) is 5.88 Å². The zero-order valence-corrected chi connectivity index (χ0v) is 11.6. The summed E-state index contributed by atoms with van der Waals surface area (Å²) in [5.74, 6) is 1.26. The third-order valence-electron chi connectivity index (χ3n) is 2.79. The summed E-state index contributed by atoms with van der Waals surface area (Å²) in [5.41, 5.74) is 1.19. The molecule has 0 aliphatic carbocycles. The molecule has 0 saturated heterocycles. The summed E-state index contributed by atoms with van der Waals surface area (Å²) >= 11 is 0. The Morgan fingerprint density at radius 3 is 2.95 bits per heavy atom. The van der Waals surface area contributed by atoms with E-state index in [4.69, 9.17) is 9.15 Å². The Bertz CT molecular complexity index is 607. The Morgan fingerprint density at radius 2 is 2.25 bits per heavy atom. The predicted molar refractivity (Wildman–Crippen MR) is 72.9 cm³/mol. The molecule has 0 saturated carbocycles. The van der Waals surface area contributed by atoms with E-state index in [1.54, 1.807) is 32.4 Å². The topological polar surface area (TPSA) is 73.6 Å². The second-order valence-electron chi connectivity index (χ2n) is 4.09. The van der Waals surface area contributed by atoms with Crippen LogP contribution in [0.2, 0.25) is 0 Å². The molecule has 0 aliphatic rings. The number of hydrogen-bond acceptors (Lipinski definition) is 6. The lowest BCUT2D eigenvalue weighted by molar-refractivity contribution is 0.0599. The Kier molecular flexibility index (Phi) is 4.24. The van der Waals surface area contributed by atoms with Crippen molar-refractivity contribution in [1.29, 1.82) is 0 Å². The Morgan fingerprint density at radius 1 is 1.45 bits per heavy atom. The fourth-order valence-corrected chi connectivity index (χ4v) is 1.81. The average molecular weight is 276 g/mol. The molecule has 2 aromatic heterocycles. The number of pyridine rings is 1.